The third-order valence-corrected chi connectivity index (χ3v) is 6.76. The van der Waals surface area contributed by atoms with Crippen molar-refractivity contribution in [2.24, 2.45) is 35.3 Å². The smallest absolute Gasteiger partial charge is 0.00514 e. The molecule has 0 radical (unpaired) electrons. The summed E-state index contributed by atoms with van der Waals surface area (Å²) in [5.74, 6) is 5.47. The molecule has 108 valence electrons. The SMILES string of the molecule is NC1CCCN(CC2C3CC4CC(C3)CC2C4)CC1. The van der Waals surface area contributed by atoms with Gasteiger partial charge in [0.05, 0.1) is 0 Å². The highest BCUT2D eigenvalue weighted by Gasteiger charge is 2.48. The molecule has 2 nitrogen and oxygen atoms in total. The quantitative estimate of drug-likeness (QED) is 0.829. The molecule has 1 heterocycles. The first-order valence-corrected chi connectivity index (χ1v) is 8.76. The second-order valence-electron chi connectivity index (χ2n) is 8.09. The number of rotatable bonds is 2. The van der Waals surface area contributed by atoms with Gasteiger partial charge in [-0.25, -0.2) is 0 Å². The van der Waals surface area contributed by atoms with Gasteiger partial charge in [0, 0.05) is 12.6 Å². The minimum Gasteiger partial charge on any atom is -0.328 e. The van der Waals surface area contributed by atoms with E-state index in [-0.39, 0.29) is 0 Å². The fraction of sp³-hybridized carbons (Fsp3) is 1.00. The molecule has 1 unspecified atom stereocenters. The largest absolute Gasteiger partial charge is 0.328 e. The molecule has 1 atom stereocenters. The number of hydrogen-bond acceptors (Lipinski definition) is 2. The van der Waals surface area contributed by atoms with Gasteiger partial charge >= 0.3 is 0 Å². The van der Waals surface area contributed by atoms with Crippen LogP contribution in [0.3, 0.4) is 0 Å². The Morgan fingerprint density at radius 3 is 2.21 bits per heavy atom. The minimum absolute atomic E-state index is 0.475. The predicted octanol–water partition coefficient (Wildman–Crippen LogP) is 2.87. The zero-order valence-corrected chi connectivity index (χ0v) is 12.3. The third kappa shape index (κ3) is 2.47. The van der Waals surface area contributed by atoms with Gasteiger partial charge in [-0.05, 0) is 94.0 Å². The monoisotopic (exact) mass is 262 g/mol. The molecule has 4 aliphatic carbocycles. The van der Waals surface area contributed by atoms with Gasteiger partial charge in [0.25, 0.3) is 0 Å². The molecule has 5 rings (SSSR count). The lowest BCUT2D eigenvalue weighted by atomic mass is 9.52. The van der Waals surface area contributed by atoms with Crippen molar-refractivity contribution in [2.75, 3.05) is 19.6 Å². The highest BCUT2D eigenvalue weighted by Crippen LogP contribution is 2.56. The van der Waals surface area contributed by atoms with Gasteiger partial charge < -0.3 is 10.6 Å². The van der Waals surface area contributed by atoms with Crippen molar-refractivity contribution < 1.29 is 0 Å². The summed E-state index contributed by atoms with van der Waals surface area (Å²) in [5, 5.41) is 0. The summed E-state index contributed by atoms with van der Waals surface area (Å²) in [4.78, 5) is 2.76. The maximum Gasteiger partial charge on any atom is 0.00514 e. The van der Waals surface area contributed by atoms with Crippen LogP contribution in [0.2, 0.25) is 0 Å². The number of likely N-dealkylation sites (tertiary alicyclic amines) is 1. The molecule has 5 fully saturated rings. The molecule has 4 bridgehead atoms. The van der Waals surface area contributed by atoms with Crippen molar-refractivity contribution in [1.82, 2.24) is 4.90 Å². The van der Waals surface area contributed by atoms with Crippen molar-refractivity contribution in [2.45, 2.75) is 57.4 Å². The lowest BCUT2D eigenvalue weighted by Crippen LogP contribution is -2.49. The summed E-state index contributed by atoms with van der Waals surface area (Å²) >= 11 is 0. The summed E-state index contributed by atoms with van der Waals surface area (Å²) in [6, 6.07) is 0.475. The van der Waals surface area contributed by atoms with Crippen LogP contribution in [0.5, 0.6) is 0 Å². The lowest BCUT2D eigenvalue weighted by molar-refractivity contribution is -0.0487. The van der Waals surface area contributed by atoms with Gasteiger partial charge in [-0.3, -0.25) is 0 Å². The summed E-state index contributed by atoms with van der Waals surface area (Å²) in [6.07, 6.45) is 11.7. The van der Waals surface area contributed by atoms with Gasteiger partial charge in [0.15, 0.2) is 0 Å². The molecule has 1 aliphatic heterocycles. The maximum absolute atomic E-state index is 6.12. The van der Waals surface area contributed by atoms with Crippen LogP contribution in [0.15, 0.2) is 0 Å². The van der Waals surface area contributed by atoms with E-state index in [1.165, 1.54) is 38.9 Å². The molecule has 0 aromatic carbocycles. The van der Waals surface area contributed by atoms with E-state index < -0.39 is 0 Å². The van der Waals surface area contributed by atoms with Crippen LogP contribution in [-0.2, 0) is 0 Å². The summed E-state index contributed by atoms with van der Waals surface area (Å²) < 4.78 is 0. The Morgan fingerprint density at radius 2 is 1.53 bits per heavy atom. The van der Waals surface area contributed by atoms with Crippen LogP contribution >= 0.6 is 0 Å². The molecular weight excluding hydrogens is 232 g/mol. The highest BCUT2D eigenvalue weighted by atomic mass is 15.1. The second-order valence-corrected chi connectivity index (χ2v) is 8.09. The van der Waals surface area contributed by atoms with Crippen molar-refractivity contribution in [1.29, 1.82) is 0 Å². The van der Waals surface area contributed by atoms with Crippen LogP contribution in [0, 0.1) is 29.6 Å². The molecule has 5 aliphatic rings. The minimum atomic E-state index is 0.475. The van der Waals surface area contributed by atoms with Crippen LogP contribution in [0.25, 0.3) is 0 Å². The van der Waals surface area contributed by atoms with E-state index in [2.05, 4.69) is 4.90 Å². The van der Waals surface area contributed by atoms with E-state index in [0.717, 1.165) is 29.6 Å². The standard InChI is InChI=1S/C17H30N2/c18-16-2-1-4-19(5-3-16)11-17-14-7-12-6-13(9-14)10-15(17)8-12/h12-17H,1-11,18H2. The molecular formula is C17H30N2. The average molecular weight is 262 g/mol. The maximum atomic E-state index is 6.12. The Labute approximate surface area is 118 Å². The van der Waals surface area contributed by atoms with Gasteiger partial charge in [-0.2, -0.15) is 0 Å². The Hall–Kier alpha value is -0.0800. The van der Waals surface area contributed by atoms with Crippen LogP contribution < -0.4 is 5.73 Å². The number of nitrogens with zero attached hydrogens (tertiary/aromatic N) is 1. The zero-order chi connectivity index (χ0) is 12.8. The molecule has 2 heteroatoms. The Bertz CT molecular complexity index is 299. The number of nitrogens with two attached hydrogens (primary N) is 1. The molecule has 2 N–H and O–H groups in total. The van der Waals surface area contributed by atoms with E-state index in [1.807, 2.05) is 0 Å². The second kappa shape index (κ2) is 5.04. The van der Waals surface area contributed by atoms with Gasteiger partial charge in [0.2, 0.25) is 0 Å². The normalized spacial score (nSPS) is 50.4. The Kier molecular flexibility index (Phi) is 3.35. The van der Waals surface area contributed by atoms with Gasteiger partial charge in [-0.1, -0.05) is 0 Å². The third-order valence-electron chi connectivity index (χ3n) is 6.76. The topological polar surface area (TPSA) is 29.3 Å². The van der Waals surface area contributed by atoms with Gasteiger partial charge in [0.1, 0.15) is 0 Å². The average Bonchev–Trinajstić information content (AvgIpc) is 2.58. The molecule has 0 aromatic rings. The summed E-state index contributed by atoms with van der Waals surface area (Å²) in [5.41, 5.74) is 6.12. The van der Waals surface area contributed by atoms with Crippen LogP contribution in [0.4, 0.5) is 0 Å². The predicted molar refractivity (Wildman–Crippen MR) is 78.8 cm³/mol. The molecule has 19 heavy (non-hydrogen) atoms. The highest BCUT2D eigenvalue weighted by molar-refractivity contribution is 4.99. The van der Waals surface area contributed by atoms with E-state index >= 15 is 0 Å². The lowest BCUT2D eigenvalue weighted by Gasteiger charge is -2.55. The van der Waals surface area contributed by atoms with Crippen molar-refractivity contribution in [3.8, 4) is 0 Å². The summed E-state index contributed by atoms with van der Waals surface area (Å²) in [7, 11) is 0. The Morgan fingerprint density at radius 1 is 0.842 bits per heavy atom. The van der Waals surface area contributed by atoms with Crippen molar-refractivity contribution >= 4 is 0 Å². The first kappa shape index (κ1) is 12.6. The molecule has 0 spiro atoms. The van der Waals surface area contributed by atoms with E-state index in [4.69, 9.17) is 5.73 Å². The van der Waals surface area contributed by atoms with Crippen molar-refractivity contribution in [3.05, 3.63) is 0 Å². The molecule has 0 amide bonds. The first-order chi connectivity index (χ1) is 9.28. The van der Waals surface area contributed by atoms with Crippen LogP contribution in [-0.4, -0.2) is 30.6 Å². The van der Waals surface area contributed by atoms with E-state index in [0.29, 0.717) is 6.04 Å². The molecule has 4 saturated carbocycles. The number of hydrogen-bond donors (Lipinski definition) is 1. The zero-order valence-electron chi connectivity index (χ0n) is 12.3. The fourth-order valence-electron chi connectivity index (χ4n) is 6.00. The first-order valence-electron chi connectivity index (χ1n) is 8.76. The van der Waals surface area contributed by atoms with Crippen molar-refractivity contribution in [3.63, 3.8) is 0 Å². The molecule has 0 aromatic heterocycles. The Balaban J connectivity index is 1.40. The fourth-order valence-corrected chi connectivity index (χ4v) is 6.00. The van der Waals surface area contributed by atoms with Crippen LogP contribution in [0.1, 0.15) is 51.4 Å². The van der Waals surface area contributed by atoms with E-state index in [9.17, 15) is 0 Å². The summed E-state index contributed by atoms with van der Waals surface area (Å²) in [6.45, 7) is 3.99. The van der Waals surface area contributed by atoms with Gasteiger partial charge in [-0.15, -0.1) is 0 Å². The van der Waals surface area contributed by atoms with E-state index in [1.54, 1.807) is 32.1 Å². The molecule has 1 saturated heterocycles.